The molecule has 4 rings (SSSR count). The molecule has 1 heterocycles. The minimum atomic E-state index is -2.04. The highest BCUT2D eigenvalue weighted by Crippen LogP contribution is 2.59. The molecule has 4 aromatic rings. The van der Waals surface area contributed by atoms with Gasteiger partial charge in [-0.1, -0.05) is 65.9 Å². The van der Waals surface area contributed by atoms with Crippen LogP contribution in [0.4, 0.5) is 0 Å². The molecule has 3 aromatic carbocycles. The van der Waals surface area contributed by atoms with Gasteiger partial charge >= 0.3 is 0 Å². The third kappa shape index (κ3) is 3.41. The Morgan fingerprint density at radius 1 is 0.519 bits per heavy atom. The Bertz CT molecular complexity index is 950. The largest absolute Gasteiger partial charge is 0.178 e. The van der Waals surface area contributed by atoms with Gasteiger partial charge in [0.05, 0.1) is 12.7 Å². The number of hydrogen-bond donors (Lipinski definition) is 0. The number of hydrogen-bond acceptors (Lipinski definition) is 1. The molecule has 27 heavy (non-hydrogen) atoms. The molecule has 0 radical (unpaired) electrons. The fraction of sp³-hybridized carbons (Fsp3) is 0. The molecule has 0 fully saturated rings. The van der Waals surface area contributed by atoms with Gasteiger partial charge in [-0.25, -0.2) is 0 Å². The van der Waals surface area contributed by atoms with E-state index in [9.17, 15) is 0 Å². The van der Waals surface area contributed by atoms with Gasteiger partial charge in [-0.2, -0.15) is 0 Å². The predicted molar refractivity (Wildman–Crippen MR) is 132 cm³/mol. The lowest BCUT2D eigenvalue weighted by atomic mass is 10.4. The van der Waals surface area contributed by atoms with Crippen molar-refractivity contribution in [3.05, 3.63) is 104 Å². The van der Waals surface area contributed by atoms with Gasteiger partial charge in [-0.3, -0.25) is 0 Å². The highest BCUT2D eigenvalue weighted by atomic mass is 79.9. The Morgan fingerprint density at radius 3 is 1.19 bits per heavy atom. The molecule has 0 saturated heterocycles. The lowest BCUT2D eigenvalue weighted by molar-refractivity contribution is 1.72. The van der Waals surface area contributed by atoms with E-state index in [2.05, 4.69) is 139 Å². The van der Waals surface area contributed by atoms with Gasteiger partial charge in [-0.05, 0) is 84.2 Å². The summed E-state index contributed by atoms with van der Waals surface area (Å²) in [5.41, 5.74) is 0. The van der Waals surface area contributed by atoms with Crippen molar-refractivity contribution < 1.29 is 0 Å². The SMILES string of the molecule is Brc1sc([P+](c2ccccc2)(c2ccccc2)c2ccccc2)c(Br)c1Br. The van der Waals surface area contributed by atoms with Crippen LogP contribution in [-0.2, 0) is 0 Å². The molecule has 0 atom stereocenters. The van der Waals surface area contributed by atoms with Crippen molar-refractivity contribution in [2.75, 3.05) is 0 Å². The Morgan fingerprint density at radius 2 is 0.889 bits per heavy atom. The van der Waals surface area contributed by atoms with Crippen molar-refractivity contribution in [3.8, 4) is 0 Å². The van der Waals surface area contributed by atoms with Gasteiger partial charge in [0.1, 0.15) is 15.9 Å². The maximum atomic E-state index is 3.89. The molecule has 0 bridgehead atoms. The van der Waals surface area contributed by atoms with Crippen molar-refractivity contribution in [1.29, 1.82) is 0 Å². The van der Waals surface area contributed by atoms with E-state index in [-0.39, 0.29) is 0 Å². The summed E-state index contributed by atoms with van der Waals surface area (Å²) in [7, 11) is -2.04. The van der Waals surface area contributed by atoms with Crippen molar-refractivity contribution >= 4 is 86.9 Å². The molecule has 0 amide bonds. The molecule has 0 saturated carbocycles. The minimum Gasteiger partial charge on any atom is -0.0883 e. The van der Waals surface area contributed by atoms with E-state index in [1.807, 2.05) is 0 Å². The Labute approximate surface area is 189 Å². The van der Waals surface area contributed by atoms with Gasteiger partial charge in [-0.15, -0.1) is 0 Å². The fourth-order valence-electron chi connectivity index (χ4n) is 3.32. The molecule has 0 unspecified atom stereocenters. The van der Waals surface area contributed by atoms with Gasteiger partial charge < -0.3 is 0 Å². The highest BCUT2D eigenvalue weighted by Gasteiger charge is 2.51. The predicted octanol–water partition coefficient (Wildman–Crippen LogP) is 6.66. The van der Waals surface area contributed by atoms with Gasteiger partial charge in [0, 0.05) is 0 Å². The normalized spacial score (nSPS) is 11.5. The van der Waals surface area contributed by atoms with E-state index in [1.54, 1.807) is 11.3 Å². The summed E-state index contributed by atoms with van der Waals surface area (Å²) in [6, 6.07) is 32.7. The van der Waals surface area contributed by atoms with Crippen LogP contribution in [0.5, 0.6) is 0 Å². The zero-order valence-corrected chi connectivity index (χ0v) is 20.6. The second-order valence-electron chi connectivity index (χ2n) is 5.99. The van der Waals surface area contributed by atoms with Crippen LogP contribution in [-0.4, -0.2) is 0 Å². The Kier molecular flexibility index (Phi) is 6.01. The summed E-state index contributed by atoms with van der Waals surface area (Å²) in [5.74, 6) is 0. The zero-order valence-electron chi connectivity index (χ0n) is 14.1. The van der Waals surface area contributed by atoms with Crippen LogP contribution in [0.3, 0.4) is 0 Å². The topological polar surface area (TPSA) is 0 Å². The summed E-state index contributed by atoms with van der Waals surface area (Å²) in [6.45, 7) is 0. The van der Waals surface area contributed by atoms with Crippen LogP contribution >= 0.6 is 66.4 Å². The monoisotopic (exact) mass is 579 g/mol. The minimum absolute atomic E-state index is 1.08. The first kappa shape index (κ1) is 19.5. The van der Waals surface area contributed by atoms with E-state index in [4.69, 9.17) is 0 Å². The second-order valence-corrected chi connectivity index (χ2v) is 13.6. The molecule has 0 nitrogen and oxygen atoms in total. The molecule has 0 aliphatic carbocycles. The van der Waals surface area contributed by atoms with E-state index >= 15 is 0 Å². The zero-order chi connectivity index (χ0) is 18.9. The summed E-state index contributed by atoms with van der Waals surface area (Å²) >= 11 is 13.2. The molecular weight excluding hydrogens is 567 g/mol. The number of halogens is 3. The maximum Gasteiger partial charge on any atom is 0.178 e. The second kappa shape index (κ2) is 8.31. The third-order valence-electron chi connectivity index (χ3n) is 4.47. The van der Waals surface area contributed by atoms with E-state index < -0.39 is 7.26 Å². The fourth-order valence-corrected chi connectivity index (χ4v) is 12.9. The summed E-state index contributed by atoms with van der Waals surface area (Å²) in [6.07, 6.45) is 0. The quantitative estimate of drug-likeness (QED) is 0.237. The van der Waals surface area contributed by atoms with Crippen LogP contribution in [0.25, 0.3) is 0 Å². The van der Waals surface area contributed by atoms with E-state index in [0.717, 1.165) is 12.7 Å². The first-order chi connectivity index (χ1) is 13.2. The number of rotatable bonds is 4. The summed E-state index contributed by atoms with van der Waals surface area (Å²) in [4.78, 5) is 0. The molecule has 0 N–H and O–H groups in total. The highest BCUT2D eigenvalue weighted by molar-refractivity contribution is 9.14. The smallest absolute Gasteiger partial charge is 0.0883 e. The van der Waals surface area contributed by atoms with E-state index in [1.165, 1.54) is 20.5 Å². The number of thiophene rings is 1. The molecule has 134 valence electrons. The van der Waals surface area contributed by atoms with Crippen LogP contribution in [0, 0.1) is 0 Å². The molecule has 1 aromatic heterocycles. The van der Waals surface area contributed by atoms with Gasteiger partial charge in [0.25, 0.3) is 0 Å². The summed E-state index contributed by atoms with van der Waals surface area (Å²) < 4.78 is 4.67. The standard InChI is InChI=1S/C22H15Br3PS/c23-19-20(24)22(27-21(19)25)26(16-10-4-1-5-11-16,17-12-6-2-7-13-17)18-14-8-3-9-15-18/h1-15H/q+1. The van der Waals surface area contributed by atoms with Crippen LogP contribution in [0.1, 0.15) is 0 Å². The van der Waals surface area contributed by atoms with Crippen molar-refractivity contribution in [2.45, 2.75) is 0 Å². The van der Waals surface area contributed by atoms with Crippen molar-refractivity contribution in [3.63, 3.8) is 0 Å². The van der Waals surface area contributed by atoms with Gasteiger partial charge in [0.2, 0.25) is 0 Å². The van der Waals surface area contributed by atoms with Crippen LogP contribution in [0.2, 0.25) is 0 Å². The third-order valence-corrected chi connectivity index (χ3v) is 14.8. The molecule has 0 aliphatic heterocycles. The first-order valence-electron chi connectivity index (χ1n) is 8.35. The molecule has 5 heteroatoms. The lowest BCUT2D eigenvalue weighted by Gasteiger charge is -2.26. The van der Waals surface area contributed by atoms with E-state index in [0.29, 0.717) is 0 Å². The molecule has 0 spiro atoms. The summed E-state index contributed by atoms with van der Waals surface area (Å²) in [5, 5.41) is 4.05. The van der Waals surface area contributed by atoms with Crippen molar-refractivity contribution in [1.82, 2.24) is 0 Å². The molecular formula is C22H15Br3PS+. The van der Waals surface area contributed by atoms with Crippen LogP contribution in [0.15, 0.2) is 104 Å². The van der Waals surface area contributed by atoms with Gasteiger partial charge in [0.15, 0.2) is 11.9 Å². The first-order valence-corrected chi connectivity index (χ1v) is 13.3. The molecule has 0 aliphatic rings. The lowest BCUT2D eigenvalue weighted by Crippen LogP contribution is -2.37. The van der Waals surface area contributed by atoms with Crippen LogP contribution < -0.4 is 20.5 Å². The Hall–Kier alpha value is -0.770. The van der Waals surface area contributed by atoms with Crippen molar-refractivity contribution in [2.24, 2.45) is 0 Å². The average Bonchev–Trinajstić information content (AvgIpc) is 2.99. The number of benzene rings is 3. The Balaban J connectivity index is 2.18. The average molecular weight is 582 g/mol. The maximum absolute atomic E-state index is 3.89.